The molecule has 4 atom stereocenters. The first kappa shape index (κ1) is 68.9. The van der Waals surface area contributed by atoms with Gasteiger partial charge in [-0.05, 0) is 92.2 Å². The molecule has 2 aromatic rings. The summed E-state index contributed by atoms with van der Waals surface area (Å²) in [7, 11) is 0. The van der Waals surface area contributed by atoms with E-state index in [0.717, 1.165) is 0 Å². The highest BCUT2D eigenvalue weighted by molar-refractivity contribution is 5.95. The van der Waals surface area contributed by atoms with Crippen LogP contribution in [-0.2, 0) is 51.2 Å². The van der Waals surface area contributed by atoms with E-state index < -0.39 is 96.4 Å². The monoisotopic (exact) mass is 1100 g/mol. The van der Waals surface area contributed by atoms with Crippen LogP contribution >= 0.6 is 0 Å². The third-order valence-corrected chi connectivity index (χ3v) is 9.04. The predicted octanol–water partition coefficient (Wildman–Crippen LogP) is 1.46. The molecule has 4 bridgehead atoms. The summed E-state index contributed by atoms with van der Waals surface area (Å²) in [5, 5.41) is 58.2. The number of carboxylic acids is 4. The molecule has 0 saturated carbocycles. The molecule has 0 saturated heterocycles. The Hall–Kier alpha value is -7.20. The maximum absolute atomic E-state index is 14.2. The molecular formula is C40H52F12N8O14. The lowest BCUT2D eigenvalue weighted by Gasteiger charge is -2.34. The quantitative estimate of drug-likeness (QED) is 0.134. The van der Waals surface area contributed by atoms with Crippen LogP contribution in [0.2, 0.25) is 0 Å². The average molecular weight is 1100 g/mol. The molecule has 0 spiro atoms. The van der Waals surface area contributed by atoms with Gasteiger partial charge in [-0.25, -0.2) is 19.2 Å². The second kappa shape index (κ2) is 31.4. The van der Waals surface area contributed by atoms with Crippen LogP contribution in [0.5, 0.6) is 11.5 Å². The predicted molar refractivity (Wildman–Crippen MR) is 229 cm³/mol. The van der Waals surface area contributed by atoms with Crippen LogP contribution in [0.3, 0.4) is 0 Å². The number of likely N-dealkylation sites (N-methyl/N-ethyl adjacent to an activating group) is 1. The molecule has 420 valence electrons. The summed E-state index contributed by atoms with van der Waals surface area (Å²) in [5.41, 5.74) is 25.4. The molecule has 34 heteroatoms. The first-order valence-corrected chi connectivity index (χ1v) is 20.7. The molecule has 0 fully saturated rings. The minimum Gasteiger partial charge on any atom is -0.508 e. The molecule has 74 heavy (non-hydrogen) atoms. The van der Waals surface area contributed by atoms with Crippen molar-refractivity contribution in [3.8, 4) is 22.6 Å². The van der Waals surface area contributed by atoms with Gasteiger partial charge in [-0.3, -0.25) is 19.2 Å². The number of carboxylic acid groups (broad SMARTS) is 4. The maximum atomic E-state index is 14.2. The van der Waals surface area contributed by atoms with E-state index in [9.17, 15) is 82.1 Å². The number of aliphatic carboxylic acids is 4. The number of aromatic hydroxyl groups is 2. The Kier molecular flexibility index (Phi) is 29.2. The van der Waals surface area contributed by atoms with Gasteiger partial charge in [0.1, 0.15) is 29.6 Å². The molecule has 22 nitrogen and oxygen atoms in total. The molecule has 1 heterocycles. The van der Waals surface area contributed by atoms with Crippen molar-refractivity contribution in [2.24, 2.45) is 22.9 Å². The lowest BCUT2D eigenvalue weighted by Crippen LogP contribution is -2.60. The lowest BCUT2D eigenvalue weighted by atomic mass is 9.95. The van der Waals surface area contributed by atoms with Crippen LogP contribution in [0.1, 0.15) is 43.7 Å². The molecule has 1 aliphatic rings. The molecule has 3 rings (SSSR count). The molecule has 0 aliphatic carbocycles. The third-order valence-electron chi connectivity index (χ3n) is 9.04. The van der Waals surface area contributed by atoms with Crippen molar-refractivity contribution in [2.45, 2.75) is 94.3 Å². The number of hydrogen-bond donors (Lipinski definition) is 13. The Morgan fingerprint density at radius 3 is 1.42 bits per heavy atom. The summed E-state index contributed by atoms with van der Waals surface area (Å²) >= 11 is 0. The van der Waals surface area contributed by atoms with Crippen molar-refractivity contribution in [2.75, 3.05) is 32.7 Å². The Balaban J connectivity index is 0. The normalized spacial score (nSPS) is 16.3. The van der Waals surface area contributed by atoms with Crippen LogP contribution in [0.15, 0.2) is 36.4 Å². The zero-order valence-electron chi connectivity index (χ0n) is 38.3. The Bertz CT molecular complexity index is 2100. The SMILES string of the molecule is CCN1C(=O)[C@H](CCCN)NC(=O)[C@@H](N)Cc2cc(ccc2O)-c2ccc(O)c(c2)C[C@H]1C(=O)N[C@@H](CCCN)C(=O)NCCN.O=C(O)C(F)(F)F.O=C(O)C(F)(F)F.O=C(O)C(F)(F)F.O=C(O)C(F)(F)F. The Labute approximate surface area is 410 Å². The number of nitrogens with zero attached hydrogens (tertiary/aromatic N) is 1. The number of alkyl halides is 12. The van der Waals surface area contributed by atoms with Crippen LogP contribution in [0, 0.1) is 0 Å². The zero-order chi connectivity index (χ0) is 58.1. The number of amides is 4. The highest BCUT2D eigenvalue weighted by Gasteiger charge is 2.41. The van der Waals surface area contributed by atoms with Gasteiger partial charge in [0.2, 0.25) is 23.6 Å². The number of nitrogens with two attached hydrogens (primary N) is 4. The van der Waals surface area contributed by atoms with Crippen molar-refractivity contribution < 1.29 is 122 Å². The first-order chi connectivity index (χ1) is 33.8. The van der Waals surface area contributed by atoms with E-state index in [0.29, 0.717) is 41.6 Å². The summed E-state index contributed by atoms with van der Waals surface area (Å²) in [6.45, 7) is 2.74. The molecule has 1 aliphatic heterocycles. The number of phenols is 2. The number of carbonyl (C=O) groups is 8. The van der Waals surface area contributed by atoms with Crippen molar-refractivity contribution in [3.05, 3.63) is 47.5 Å². The van der Waals surface area contributed by atoms with Gasteiger partial charge in [-0.1, -0.05) is 12.1 Å². The fourth-order valence-corrected chi connectivity index (χ4v) is 5.50. The van der Waals surface area contributed by atoms with Gasteiger partial charge in [0.15, 0.2) is 0 Å². The van der Waals surface area contributed by atoms with Crippen LogP contribution < -0.4 is 38.9 Å². The number of nitrogens with one attached hydrogen (secondary N) is 3. The van der Waals surface area contributed by atoms with E-state index in [2.05, 4.69) is 16.0 Å². The number of fused-ring (bicyclic) bond motifs is 5. The number of hydrogen-bond acceptors (Lipinski definition) is 14. The van der Waals surface area contributed by atoms with Gasteiger partial charge in [-0.15, -0.1) is 0 Å². The highest BCUT2D eigenvalue weighted by atomic mass is 19.4. The smallest absolute Gasteiger partial charge is 0.490 e. The number of rotatable bonds is 12. The van der Waals surface area contributed by atoms with Crippen LogP contribution in [0.4, 0.5) is 52.7 Å². The summed E-state index contributed by atoms with van der Waals surface area (Å²) in [5.74, 6) is -13.4. The van der Waals surface area contributed by atoms with Crippen molar-refractivity contribution in [1.29, 1.82) is 0 Å². The van der Waals surface area contributed by atoms with Crippen molar-refractivity contribution in [1.82, 2.24) is 20.9 Å². The molecule has 17 N–H and O–H groups in total. The minimum absolute atomic E-state index is 0.00677. The largest absolute Gasteiger partial charge is 0.508 e. The van der Waals surface area contributed by atoms with E-state index >= 15 is 0 Å². The number of halogens is 12. The van der Waals surface area contributed by atoms with E-state index in [-0.39, 0.29) is 63.4 Å². The number of carbonyl (C=O) groups excluding carboxylic acids is 4. The van der Waals surface area contributed by atoms with Gasteiger partial charge in [-0.2, -0.15) is 52.7 Å². The fraction of sp³-hybridized carbons (Fsp3) is 0.500. The highest BCUT2D eigenvalue weighted by Crippen LogP contribution is 2.32. The maximum Gasteiger partial charge on any atom is 0.490 e. The second-order valence-electron chi connectivity index (χ2n) is 14.6. The van der Waals surface area contributed by atoms with Gasteiger partial charge in [0, 0.05) is 32.5 Å². The number of benzene rings is 2. The Morgan fingerprint density at radius 2 is 1.07 bits per heavy atom. The van der Waals surface area contributed by atoms with Crippen LogP contribution in [-0.4, -0.2) is 165 Å². The summed E-state index contributed by atoms with van der Waals surface area (Å²) in [4.78, 5) is 91.4. The van der Waals surface area contributed by atoms with Gasteiger partial charge >= 0.3 is 48.6 Å². The zero-order valence-corrected chi connectivity index (χ0v) is 38.3. The summed E-state index contributed by atoms with van der Waals surface area (Å²) in [6.07, 6.45) is -19.2. The minimum atomic E-state index is -5.08. The lowest BCUT2D eigenvalue weighted by molar-refractivity contribution is -0.193. The van der Waals surface area contributed by atoms with E-state index in [1.807, 2.05) is 0 Å². The fourth-order valence-electron chi connectivity index (χ4n) is 5.50. The third kappa shape index (κ3) is 26.0. The molecule has 4 amide bonds. The standard InChI is InChI=1S/C32H48N8O6.4C2HF3O2/c1-2-40-26(31(45)38-24(5-3-11-33)30(44)37-14-13-35)18-22-16-20(8-10-28(22)42)19-7-9-27(41)21(15-19)17-23(36)29(43)39-25(32(40)46)6-4-12-34;4*3-2(4,5)1(6)7/h7-10,15-16,23-26,41-42H,2-6,11-14,17-18,33-36H2,1H3,(H,37,44)(H,38,45)(H,39,43);4*(H,6,7)/t23-,24-,25-,26-;;;;/m0..../s1. The average Bonchev–Trinajstić information content (AvgIpc) is 3.28. The van der Waals surface area contributed by atoms with Gasteiger partial charge in [0.05, 0.1) is 6.04 Å². The Morgan fingerprint density at radius 1 is 0.676 bits per heavy atom. The number of phenolic OH excluding ortho intramolecular Hbond substituents is 2. The van der Waals surface area contributed by atoms with E-state index in [4.69, 9.17) is 62.5 Å². The van der Waals surface area contributed by atoms with E-state index in [1.54, 1.807) is 31.2 Å². The van der Waals surface area contributed by atoms with Crippen molar-refractivity contribution in [3.63, 3.8) is 0 Å². The summed E-state index contributed by atoms with van der Waals surface area (Å²) < 4.78 is 127. The molecule has 0 radical (unpaired) electrons. The molecule has 0 aromatic heterocycles. The van der Waals surface area contributed by atoms with Gasteiger partial charge < -0.3 is 74.4 Å². The van der Waals surface area contributed by atoms with Crippen molar-refractivity contribution >= 4 is 47.5 Å². The van der Waals surface area contributed by atoms with Gasteiger partial charge in [0.25, 0.3) is 0 Å². The molecular weight excluding hydrogens is 1040 g/mol. The molecule has 2 aromatic carbocycles. The van der Waals surface area contributed by atoms with E-state index in [1.165, 1.54) is 17.0 Å². The van der Waals surface area contributed by atoms with Crippen LogP contribution in [0.25, 0.3) is 11.1 Å². The second-order valence-corrected chi connectivity index (χ2v) is 14.6. The molecule has 0 unspecified atom stereocenters. The topological polar surface area (TPSA) is 401 Å². The first-order valence-electron chi connectivity index (χ1n) is 20.7. The summed E-state index contributed by atoms with van der Waals surface area (Å²) in [6, 6.07) is 5.48.